The molecule has 1 fully saturated rings. The normalized spacial score (nSPS) is 14.6. The van der Waals surface area contributed by atoms with Crippen molar-refractivity contribution in [2.45, 2.75) is 19.8 Å². The van der Waals surface area contributed by atoms with Crippen molar-refractivity contribution in [2.75, 3.05) is 36.0 Å². The van der Waals surface area contributed by atoms with E-state index in [0.29, 0.717) is 11.2 Å². The molecule has 3 aromatic heterocycles. The molecule has 0 N–H and O–H groups in total. The molecule has 5 rings (SSSR count). The van der Waals surface area contributed by atoms with Gasteiger partial charge in [0, 0.05) is 49.5 Å². The molecule has 158 valence electrons. The van der Waals surface area contributed by atoms with E-state index in [-0.39, 0.29) is 0 Å². The predicted octanol–water partition coefficient (Wildman–Crippen LogP) is 5.25. The van der Waals surface area contributed by atoms with Crippen LogP contribution in [0.4, 0.5) is 11.8 Å². The van der Waals surface area contributed by atoms with Crippen LogP contribution in [0.1, 0.15) is 25.3 Å². The molecule has 0 aliphatic carbocycles. The summed E-state index contributed by atoms with van der Waals surface area (Å²) >= 11 is 7.92. The summed E-state index contributed by atoms with van der Waals surface area (Å²) in [6.45, 7) is 7.72. The summed E-state index contributed by atoms with van der Waals surface area (Å²) in [5.74, 6) is 2.19. The standard InChI is InChI=1S/C23H23ClN6S/c1-15(2)16-4-6-17(7-5-16)18-14-31-21-19(18)20(27-22(24)28-21)29-10-12-30(13-11-29)23-25-8-3-9-26-23/h3-9,14-15H,10-13H2,1-2H3. The highest BCUT2D eigenvalue weighted by molar-refractivity contribution is 7.17. The predicted molar refractivity (Wildman–Crippen MR) is 128 cm³/mol. The summed E-state index contributed by atoms with van der Waals surface area (Å²) in [6, 6.07) is 10.6. The number of aromatic nitrogens is 4. The van der Waals surface area contributed by atoms with Crippen LogP contribution in [0.2, 0.25) is 5.28 Å². The van der Waals surface area contributed by atoms with Gasteiger partial charge in [0.15, 0.2) is 0 Å². The Morgan fingerprint density at radius 1 is 0.935 bits per heavy atom. The van der Waals surface area contributed by atoms with Crippen molar-refractivity contribution in [2.24, 2.45) is 0 Å². The number of halogens is 1. The van der Waals surface area contributed by atoms with Crippen LogP contribution < -0.4 is 9.80 Å². The number of anilines is 2. The highest BCUT2D eigenvalue weighted by Crippen LogP contribution is 2.39. The average Bonchev–Trinajstić information content (AvgIpc) is 3.23. The number of hydrogen-bond donors (Lipinski definition) is 0. The van der Waals surface area contributed by atoms with E-state index in [9.17, 15) is 0 Å². The van der Waals surface area contributed by atoms with Gasteiger partial charge in [0.05, 0.1) is 5.39 Å². The average molecular weight is 451 g/mol. The molecule has 31 heavy (non-hydrogen) atoms. The van der Waals surface area contributed by atoms with Gasteiger partial charge in [-0.2, -0.15) is 4.98 Å². The van der Waals surface area contributed by atoms with Crippen molar-refractivity contribution in [1.82, 2.24) is 19.9 Å². The molecule has 1 aliphatic heterocycles. The van der Waals surface area contributed by atoms with Gasteiger partial charge in [-0.15, -0.1) is 11.3 Å². The molecular weight excluding hydrogens is 428 g/mol. The van der Waals surface area contributed by atoms with Gasteiger partial charge < -0.3 is 9.80 Å². The van der Waals surface area contributed by atoms with Crippen LogP contribution >= 0.6 is 22.9 Å². The Morgan fingerprint density at radius 2 is 1.61 bits per heavy atom. The van der Waals surface area contributed by atoms with Crippen LogP contribution in [-0.2, 0) is 0 Å². The van der Waals surface area contributed by atoms with Crippen molar-refractivity contribution in [3.05, 3.63) is 59.0 Å². The molecule has 0 bridgehead atoms. The van der Waals surface area contributed by atoms with Gasteiger partial charge in [-0.3, -0.25) is 0 Å². The highest BCUT2D eigenvalue weighted by Gasteiger charge is 2.24. The smallest absolute Gasteiger partial charge is 0.225 e. The fraction of sp³-hybridized carbons (Fsp3) is 0.304. The molecule has 0 spiro atoms. The van der Waals surface area contributed by atoms with Crippen LogP contribution in [0.5, 0.6) is 0 Å². The molecule has 1 aromatic carbocycles. The molecule has 0 unspecified atom stereocenters. The maximum Gasteiger partial charge on any atom is 0.225 e. The number of thiophene rings is 1. The van der Waals surface area contributed by atoms with Crippen molar-refractivity contribution >= 4 is 44.9 Å². The maximum atomic E-state index is 6.31. The first-order valence-corrected chi connectivity index (χ1v) is 11.7. The van der Waals surface area contributed by atoms with E-state index in [2.05, 4.69) is 73.2 Å². The van der Waals surface area contributed by atoms with Gasteiger partial charge in [0.25, 0.3) is 0 Å². The molecule has 4 aromatic rings. The van der Waals surface area contributed by atoms with E-state index in [1.165, 1.54) is 11.1 Å². The molecule has 4 heterocycles. The summed E-state index contributed by atoms with van der Waals surface area (Å²) in [6.07, 6.45) is 3.56. The van der Waals surface area contributed by atoms with E-state index in [1.807, 2.05) is 6.07 Å². The van der Waals surface area contributed by atoms with Crippen LogP contribution in [0.25, 0.3) is 21.3 Å². The van der Waals surface area contributed by atoms with E-state index < -0.39 is 0 Å². The fourth-order valence-corrected chi connectivity index (χ4v) is 5.12. The lowest BCUT2D eigenvalue weighted by Gasteiger charge is -2.35. The largest absolute Gasteiger partial charge is 0.352 e. The van der Waals surface area contributed by atoms with Crippen LogP contribution in [0, 0.1) is 0 Å². The van der Waals surface area contributed by atoms with Crippen LogP contribution in [0.3, 0.4) is 0 Å². The number of piperazine rings is 1. The summed E-state index contributed by atoms with van der Waals surface area (Å²) in [7, 11) is 0. The van der Waals surface area contributed by atoms with E-state index in [0.717, 1.165) is 53.7 Å². The van der Waals surface area contributed by atoms with E-state index in [1.54, 1.807) is 23.7 Å². The Morgan fingerprint density at radius 3 is 2.29 bits per heavy atom. The van der Waals surface area contributed by atoms with Gasteiger partial charge in [0.1, 0.15) is 10.6 Å². The van der Waals surface area contributed by atoms with Gasteiger partial charge in [0.2, 0.25) is 11.2 Å². The molecule has 6 nitrogen and oxygen atoms in total. The number of fused-ring (bicyclic) bond motifs is 1. The third-order valence-corrected chi connectivity index (χ3v) is 6.73. The van der Waals surface area contributed by atoms with Gasteiger partial charge in [-0.1, -0.05) is 38.1 Å². The quantitative estimate of drug-likeness (QED) is 0.396. The highest BCUT2D eigenvalue weighted by atomic mass is 35.5. The van der Waals surface area contributed by atoms with Crippen LogP contribution in [0.15, 0.2) is 48.1 Å². The van der Waals surface area contributed by atoms with Crippen molar-refractivity contribution < 1.29 is 0 Å². The lowest BCUT2D eigenvalue weighted by Crippen LogP contribution is -2.47. The molecule has 1 saturated heterocycles. The first kappa shape index (κ1) is 20.2. The zero-order valence-electron chi connectivity index (χ0n) is 17.5. The molecule has 0 saturated carbocycles. The van der Waals surface area contributed by atoms with Crippen molar-refractivity contribution in [3.63, 3.8) is 0 Å². The number of benzene rings is 1. The lowest BCUT2D eigenvalue weighted by molar-refractivity contribution is 0.636. The SMILES string of the molecule is CC(C)c1ccc(-c2csc3nc(Cl)nc(N4CCN(c5ncccn5)CC4)c23)cc1. The summed E-state index contributed by atoms with van der Waals surface area (Å²) < 4.78 is 0. The van der Waals surface area contributed by atoms with Gasteiger partial charge >= 0.3 is 0 Å². The van der Waals surface area contributed by atoms with E-state index >= 15 is 0 Å². The molecule has 0 atom stereocenters. The van der Waals surface area contributed by atoms with Crippen molar-refractivity contribution in [3.8, 4) is 11.1 Å². The number of nitrogens with zero attached hydrogens (tertiary/aromatic N) is 6. The molecule has 1 aliphatic rings. The number of rotatable bonds is 4. The molecule has 0 amide bonds. The Kier molecular flexibility index (Phi) is 5.46. The zero-order chi connectivity index (χ0) is 21.4. The Balaban J connectivity index is 1.48. The zero-order valence-corrected chi connectivity index (χ0v) is 19.1. The minimum Gasteiger partial charge on any atom is -0.352 e. The lowest BCUT2D eigenvalue weighted by atomic mass is 9.99. The summed E-state index contributed by atoms with van der Waals surface area (Å²) in [4.78, 5) is 23.4. The minimum absolute atomic E-state index is 0.292. The van der Waals surface area contributed by atoms with Crippen LogP contribution in [-0.4, -0.2) is 46.1 Å². The maximum absolute atomic E-state index is 6.31. The summed E-state index contributed by atoms with van der Waals surface area (Å²) in [5.41, 5.74) is 3.68. The topological polar surface area (TPSA) is 58.0 Å². The van der Waals surface area contributed by atoms with E-state index in [4.69, 9.17) is 11.6 Å². The Hall–Kier alpha value is -2.77. The third kappa shape index (κ3) is 3.95. The second-order valence-corrected chi connectivity index (χ2v) is 9.14. The second kappa shape index (κ2) is 8.40. The Bertz CT molecular complexity index is 1180. The number of hydrogen-bond acceptors (Lipinski definition) is 7. The minimum atomic E-state index is 0.292. The first-order chi connectivity index (χ1) is 15.1. The monoisotopic (exact) mass is 450 g/mol. The second-order valence-electron chi connectivity index (χ2n) is 7.95. The van der Waals surface area contributed by atoms with Gasteiger partial charge in [-0.05, 0) is 34.7 Å². The Labute approximate surface area is 190 Å². The third-order valence-electron chi connectivity index (χ3n) is 5.69. The molecule has 0 radical (unpaired) electrons. The first-order valence-electron chi connectivity index (χ1n) is 10.4. The molecular formula is C23H23ClN6S. The van der Waals surface area contributed by atoms with Crippen molar-refractivity contribution in [1.29, 1.82) is 0 Å². The van der Waals surface area contributed by atoms with Gasteiger partial charge in [-0.25, -0.2) is 15.0 Å². The fourth-order valence-electron chi connectivity index (χ4n) is 3.96. The summed E-state index contributed by atoms with van der Waals surface area (Å²) in [5, 5.41) is 3.54. The molecule has 8 heteroatoms.